The van der Waals surface area contributed by atoms with Gasteiger partial charge in [-0.05, 0) is 26.0 Å². The van der Waals surface area contributed by atoms with Crippen molar-refractivity contribution >= 4 is 20.9 Å². The van der Waals surface area contributed by atoms with Crippen molar-refractivity contribution in [2.24, 2.45) is 0 Å². The van der Waals surface area contributed by atoms with Crippen LogP contribution in [0.5, 0.6) is 0 Å². The molecule has 84 valence electrons. The monoisotopic (exact) mass is 236 g/mol. The first-order valence-electron chi connectivity index (χ1n) is 4.97. The molecule has 0 saturated heterocycles. The van der Waals surface area contributed by atoms with E-state index in [0.717, 1.165) is 0 Å². The lowest BCUT2D eigenvalue weighted by Crippen LogP contribution is -2.15. The Labute approximate surface area is 94.3 Å². The normalized spacial score (nSPS) is 12.2. The summed E-state index contributed by atoms with van der Waals surface area (Å²) < 4.78 is 23.7. The van der Waals surface area contributed by atoms with Crippen molar-refractivity contribution in [3.05, 3.63) is 30.5 Å². The molecule has 0 radical (unpaired) electrons. The summed E-state index contributed by atoms with van der Waals surface area (Å²) in [5.41, 5.74) is 1.30. The van der Waals surface area contributed by atoms with Crippen molar-refractivity contribution in [1.29, 1.82) is 0 Å². The van der Waals surface area contributed by atoms with Crippen LogP contribution in [0.2, 0.25) is 0 Å². The summed E-state index contributed by atoms with van der Waals surface area (Å²) in [5.74, 6) is 0. The minimum Gasteiger partial charge on any atom is -0.252 e. The van der Waals surface area contributed by atoms with Gasteiger partial charge in [0.25, 0.3) is 0 Å². The predicted molar refractivity (Wildman–Crippen MR) is 61.9 cm³/mol. The van der Waals surface area contributed by atoms with Gasteiger partial charge in [-0.25, -0.2) is 13.4 Å². The van der Waals surface area contributed by atoms with E-state index in [9.17, 15) is 8.42 Å². The van der Waals surface area contributed by atoms with Crippen LogP contribution in [0.3, 0.4) is 0 Å². The van der Waals surface area contributed by atoms with E-state index in [1.54, 1.807) is 26.0 Å². The fourth-order valence-electron chi connectivity index (χ4n) is 1.32. The Morgan fingerprint density at radius 2 is 1.75 bits per heavy atom. The SMILES string of the molecule is CC(C)S(=O)(=O)c1cnc2ccccc2n1. The third-order valence-corrected chi connectivity index (χ3v) is 4.36. The third kappa shape index (κ3) is 1.78. The van der Waals surface area contributed by atoms with Gasteiger partial charge in [0.15, 0.2) is 14.9 Å². The Bertz CT molecular complexity index is 621. The van der Waals surface area contributed by atoms with E-state index >= 15 is 0 Å². The smallest absolute Gasteiger partial charge is 0.199 e. The van der Waals surface area contributed by atoms with Crippen LogP contribution in [0, 0.1) is 0 Å². The van der Waals surface area contributed by atoms with Gasteiger partial charge in [0.05, 0.1) is 22.5 Å². The van der Waals surface area contributed by atoms with Gasteiger partial charge in [0.2, 0.25) is 0 Å². The highest BCUT2D eigenvalue weighted by molar-refractivity contribution is 7.91. The zero-order valence-corrected chi connectivity index (χ0v) is 9.90. The molecule has 2 rings (SSSR count). The number of nitrogens with zero attached hydrogens (tertiary/aromatic N) is 2. The number of aromatic nitrogens is 2. The lowest BCUT2D eigenvalue weighted by molar-refractivity contribution is 0.583. The van der Waals surface area contributed by atoms with E-state index in [2.05, 4.69) is 9.97 Å². The molecule has 16 heavy (non-hydrogen) atoms. The summed E-state index contributed by atoms with van der Waals surface area (Å²) >= 11 is 0. The molecule has 4 nitrogen and oxygen atoms in total. The van der Waals surface area contributed by atoms with Crippen molar-refractivity contribution in [1.82, 2.24) is 9.97 Å². The summed E-state index contributed by atoms with van der Waals surface area (Å²) in [6.07, 6.45) is 1.32. The molecule has 0 aliphatic heterocycles. The molecule has 0 unspecified atom stereocenters. The van der Waals surface area contributed by atoms with Gasteiger partial charge < -0.3 is 0 Å². The highest BCUT2D eigenvalue weighted by Gasteiger charge is 2.21. The average Bonchev–Trinajstić information content (AvgIpc) is 2.28. The topological polar surface area (TPSA) is 59.9 Å². The van der Waals surface area contributed by atoms with Crippen LogP contribution in [0.25, 0.3) is 11.0 Å². The van der Waals surface area contributed by atoms with Gasteiger partial charge in [0, 0.05) is 0 Å². The number of benzene rings is 1. The molecule has 0 spiro atoms. The summed E-state index contributed by atoms with van der Waals surface area (Å²) in [4.78, 5) is 8.21. The molecule has 0 aliphatic carbocycles. The van der Waals surface area contributed by atoms with Gasteiger partial charge in [-0.2, -0.15) is 0 Å². The van der Waals surface area contributed by atoms with Crippen LogP contribution >= 0.6 is 0 Å². The van der Waals surface area contributed by atoms with E-state index in [1.165, 1.54) is 6.20 Å². The Kier molecular flexibility index (Phi) is 2.63. The van der Waals surface area contributed by atoms with E-state index in [4.69, 9.17) is 0 Å². The van der Waals surface area contributed by atoms with Gasteiger partial charge >= 0.3 is 0 Å². The van der Waals surface area contributed by atoms with Crippen molar-refractivity contribution in [3.8, 4) is 0 Å². The Morgan fingerprint density at radius 1 is 1.12 bits per heavy atom. The first-order valence-corrected chi connectivity index (χ1v) is 6.52. The molecular weight excluding hydrogens is 224 g/mol. The average molecular weight is 236 g/mol. The number of hydrogen-bond acceptors (Lipinski definition) is 4. The minimum absolute atomic E-state index is 0.0428. The highest BCUT2D eigenvalue weighted by Crippen LogP contribution is 2.15. The number of para-hydroxylation sites is 2. The first-order chi connectivity index (χ1) is 7.51. The van der Waals surface area contributed by atoms with Gasteiger partial charge in [0.1, 0.15) is 0 Å². The second-order valence-electron chi connectivity index (χ2n) is 3.79. The maximum Gasteiger partial charge on any atom is 0.199 e. The zero-order valence-electron chi connectivity index (χ0n) is 9.08. The Morgan fingerprint density at radius 3 is 2.38 bits per heavy atom. The Balaban J connectivity index is 2.65. The number of sulfone groups is 1. The summed E-state index contributed by atoms with van der Waals surface area (Å²) in [7, 11) is -3.34. The van der Waals surface area contributed by atoms with E-state index in [0.29, 0.717) is 11.0 Å². The van der Waals surface area contributed by atoms with Gasteiger partial charge in [-0.15, -0.1) is 0 Å². The Hall–Kier alpha value is -1.49. The summed E-state index contributed by atoms with van der Waals surface area (Å²) in [6, 6.07) is 7.20. The fraction of sp³-hybridized carbons (Fsp3) is 0.273. The molecule has 0 N–H and O–H groups in total. The molecule has 0 saturated carbocycles. The maximum absolute atomic E-state index is 11.9. The van der Waals surface area contributed by atoms with E-state index < -0.39 is 15.1 Å². The molecule has 1 aromatic heterocycles. The van der Waals surface area contributed by atoms with Gasteiger partial charge in [-0.3, -0.25) is 4.98 Å². The summed E-state index contributed by atoms with van der Waals surface area (Å²) in [5, 5.41) is -0.441. The van der Waals surface area contributed by atoms with Crippen LogP contribution in [0.1, 0.15) is 13.8 Å². The van der Waals surface area contributed by atoms with Crippen LogP contribution in [0.4, 0.5) is 0 Å². The molecule has 1 heterocycles. The van der Waals surface area contributed by atoms with Crippen LogP contribution in [0.15, 0.2) is 35.5 Å². The van der Waals surface area contributed by atoms with Crippen molar-refractivity contribution in [2.45, 2.75) is 24.1 Å². The molecule has 2 aromatic rings. The van der Waals surface area contributed by atoms with Crippen LogP contribution in [-0.4, -0.2) is 23.6 Å². The predicted octanol–water partition coefficient (Wildman–Crippen LogP) is 1.81. The van der Waals surface area contributed by atoms with Crippen LogP contribution in [-0.2, 0) is 9.84 Å². The molecule has 0 amide bonds. The first kappa shape index (κ1) is 11.0. The minimum atomic E-state index is -3.34. The van der Waals surface area contributed by atoms with Crippen LogP contribution < -0.4 is 0 Å². The van der Waals surface area contributed by atoms with E-state index in [-0.39, 0.29) is 5.03 Å². The highest BCUT2D eigenvalue weighted by atomic mass is 32.2. The molecule has 0 fully saturated rings. The zero-order chi connectivity index (χ0) is 11.8. The lowest BCUT2D eigenvalue weighted by Gasteiger charge is -2.06. The number of rotatable bonds is 2. The molecule has 1 aromatic carbocycles. The van der Waals surface area contributed by atoms with Gasteiger partial charge in [-0.1, -0.05) is 12.1 Å². The maximum atomic E-state index is 11.9. The lowest BCUT2D eigenvalue weighted by atomic mass is 10.3. The number of hydrogen-bond donors (Lipinski definition) is 0. The second-order valence-corrected chi connectivity index (χ2v) is 6.24. The standard InChI is InChI=1S/C11H12N2O2S/c1-8(2)16(14,15)11-7-12-9-5-3-4-6-10(9)13-11/h3-8H,1-2H3. The molecule has 0 bridgehead atoms. The second kappa shape index (κ2) is 3.83. The molecule has 0 aliphatic rings. The molecule has 0 atom stereocenters. The molecule has 5 heteroatoms. The summed E-state index contributed by atoms with van der Waals surface area (Å²) in [6.45, 7) is 3.26. The van der Waals surface area contributed by atoms with E-state index in [1.807, 2.05) is 12.1 Å². The van der Waals surface area contributed by atoms with Crippen molar-refractivity contribution in [3.63, 3.8) is 0 Å². The molecular formula is C11H12N2O2S. The van der Waals surface area contributed by atoms with Crippen molar-refractivity contribution < 1.29 is 8.42 Å². The number of fused-ring (bicyclic) bond motifs is 1. The largest absolute Gasteiger partial charge is 0.252 e. The third-order valence-electron chi connectivity index (χ3n) is 2.34. The van der Waals surface area contributed by atoms with Crippen molar-refractivity contribution in [2.75, 3.05) is 0 Å². The quantitative estimate of drug-likeness (QED) is 0.798. The fourth-order valence-corrected chi connectivity index (χ4v) is 2.23.